The Labute approximate surface area is 216 Å². The molecule has 4 aromatic rings. The fourth-order valence-electron chi connectivity index (χ4n) is 4.13. The van der Waals surface area contributed by atoms with Crippen molar-refractivity contribution in [2.45, 2.75) is 23.3 Å². The molecule has 1 saturated heterocycles. The molecule has 9 heteroatoms. The van der Waals surface area contributed by atoms with E-state index in [1.165, 1.54) is 28.0 Å². The summed E-state index contributed by atoms with van der Waals surface area (Å²) in [7, 11) is 1.55. The van der Waals surface area contributed by atoms with Crippen LogP contribution in [0.25, 0.3) is 10.2 Å². The predicted octanol–water partition coefficient (Wildman–Crippen LogP) is 4.76. The monoisotopic (exact) mass is 517 g/mol. The van der Waals surface area contributed by atoms with Crippen LogP contribution < -0.4 is 9.64 Å². The average molecular weight is 518 g/mol. The third kappa shape index (κ3) is 4.98. The summed E-state index contributed by atoms with van der Waals surface area (Å²) in [6, 6.07) is 23.2. The molecular weight excluding hydrogens is 494 g/mol. The van der Waals surface area contributed by atoms with Crippen LogP contribution in [0.3, 0.4) is 0 Å². The first-order valence-corrected chi connectivity index (χ1v) is 13.2. The number of aromatic nitrogens is 1. The smallest absolute Gasteiger partial charge is 0.257 e. The van der Waals surface area contributed by atoms with Gasteiger partial charge in [-0.15, -0.1) is 11.3 Å². The lowest BCUT2D eigenvalue weighted by Crippen LogP contribution is -2.45. The second-order valence-electron chi connectivity index (χ2n) is 8.23. The SMILES string of the molecule is COc1ccc(N2C(=O)CC(N(Cc3ccccc3)C(=O)CSc3nc4ccccc4s3)C2=O)cc1. The number of imide groups is 1. The average Bonchev–Trinajstić information content (AvgIpc) is 3.46. The Morgan fingerprint density at radius 3 is 2.50 bits per heavy atom. The van der Waals surface area contributed by atoms with E-state index in [2.05, 4.69) is 4.98 Å². The van der Waals surface area contributed by atoms with E-state index < -0.39 is 11.9 Å². The number of carbonyl (C=O) groups excluding carboxylic acids is 3. The molecule has 1 aromatic heterocycles. The van der Waals surface area contributed by atoms with Gasteiger partial charge in [0, 0.05) is 6.54 Å². The van der Waals surface area contributed by atoms with Crippen LogP contribution in [0.5, 0.6) is 5.75 Å². The van der Waals surface area contributed by atoms with Gasteiger partial charge in [0.15, 0.2) is 4.34 Å². The van der Waals surface area contributed by atoms with Gasteiger partial charge in [-0.3, -0.25) is 14.4 Å². The van der Waals surface area contributed by atoms with Crippen molar-refractivity contribution < 1.29 is 19.1 Å². The van der Waals surface area contributed by atoms with Gasteiger partial charge in [0.25, 0.3) is 5.91 Å². The van der Waals surface area contributed by atoms with Crippen LogP contribution in [0.15, 0.2) is 83.2 Å². The van der Waals surface area contributed by atoms with E-state index >= 15 is 0 Å². The predicted molar refractivity (Wildman–Crippen MR) is 141 cm³/mol. The maximum absolute atomic E-state index is 13.5. The lowest BCUT2D eigenvalue weighted by Gasteiger charge is -2.27. The van der Waals surface area contributed by atoms with Gasteiger partial charge in [-0.05, 0) is 42.0 Å². The number of amides is 3. The van der Waals surface area contributed by atoms with Crippen LogP contribution in [0, 0.1) is 0 Å². The van der Waals surface area contributed by atoms with Crippen molar-refractivity contribution in [1.29, 1.82) is 0 Å². The summed E-state index contributed by atoms with van der Waals surface area (Å²) in [5.41, 5.74) is 2.24. The van der Waals surface area contributed by atoms with Crippen molar-refractivity contribution in [2.24, 2.45) is 0 Å². The number of hydrogen-bond donors (Lipinski definition) is 0. The maximum atomic E-state index is 13.5. The maximum Gasteiger partial charge on any atom is 0.257 e. The third-order valence-electron chi connectivity index (χ3n) is 5.94. The van der Waals surface area contributed by atoms with Gasteiger partial charge in [0.05, 0.1) is 35.2 Å². The van der Waals surface area contributed by atoms with Crippen LogP contribution in [-0.2, 0) is 20.9 Å². The number of anilines is 1. The standard InChI is InChI=1S/C27H23N3O4S2/c1-34-20-13-11-19(12-14-20)30-24(31)15-22(26(30)33)29(16-18-7-3-2-4-8-18)25(32)17-35-27-28-21-9-5-6-10-23(21)36-27/h2-14,22H,15-17H2,1H3. The minimum Gasteiger partial charge on any atom is -0.497 e. The van der Waals surface area contributed by atoms with E-state index in [0.29, 0.717) is 11.4 Å². The fraction of sp³-hybridized carbons (Fsp3) is 0.185. The van der Waals surface area contributed by atoms with Gasteiger partial charge in [0.2, 0.25) is 11.8 Å². The van der Waals surface area contributed by atoms with Gasteiger partial charge in [-0.2, -0.15) is 0 Å². The summed E-state index contributed by atoms with van der Waals surface area (Å²) in [5, 5.41) is 0. The zero-order valence-corrected chi connectivity index (χ0v) is 21.1. The van der Waals surface area contributed by atoms with Gasteiger partial charge in [0.1, 0.15) is 11.8 Å². The third-order valence-corrected chi connectivity index (χ3v) is 8.10. The van der Waals surface area contributed by atoms with Crippen molar-refractivity contribution in [2.75, 3.05) is 17.8 Å². The molecule has 1 aliphatic heterocycles. The fourth-order valence-corrected chi connectivity index (χ4v) is 6.09. The molecule has 0 saturated carbocycles. The number of ether oxygens (including phenoxy) is 1. The number of para-hydroxylation sites is 1. The number of thioether (sulfide) groups is 1. The molecule has 7 nitrogen and oxygen atoms in total. The van der Waals surface area contributed by atoms with E-state index in [9.17, 15) is 14.4 Å². The van der Waals surface area contributed by atoms with E-state index in [1.807, 2.05) is 54.6 Å². The molecule has 2 heterocycles. The van der Waals surface area contributed by atoms with Crippen LogP contribution in [-0.4, -0.2) is 46.5 Å². The molecule has 3 aromatic carbocycles. The highest BCUT2D eigenvalue weighted by atomic mass is 32.2. The number of benzene rings is 3. The number of hydrogen-bond acceptors (Lipinski definition) is 7. The van der Waals surface area contributed by atoms with Crippen molar-refractivity contribution in [3.8, 4) is 5.75 Å². The summed E-state index contributed by atoms with van der Waals surface area (Å²) in [6.07, 6.45) is -0.0603. The van der Waals surface area contributed by atoms with Crippen LogP contribution in [0.2, 0.25) is 0 Å². The molecule has 0 aliphatic carbocycles. The van der Waals surface area contributed by atoms with Crippen molar-refractivity contribution in [1.82, 2.24) is 9.88 Å². The molecule has 5 rings (SSSR count). The highest BCUT2D eigenvalue weighted by molar-refractivity contribution is 8.01. The number of methoxy groups -OCH3 is 1. The van der Waals surface area contributed by atoms with Gasteiger partial charge in [-0.1, -0.05) is 54.2 Å². The van der Waals surface area contributed by atoms with Crippen LogP contribution >= 0.6 is 23.1 Å². The molecule has 3 amide bonds. The molecule has 1 fully saturated rings. The molecule has 1 atom stereocenters. The first-order valence-electron chi connectivity index (χ1n) is 11.4. The first kappa shape index (κ1) is 24.0. The summed E-state index contributed by atoms with van der Waals surface area (Å²) in [6.45, 7) is 0.236. The second kappa shape index (κ2) is 10.5. The number of nitrogens with zero attached hydrogens (tertiary/aromatic N) is 3. The Hall–Kier alpha value is -3.69. The first-order chi connectivity index (χ1) is 17.5. The molecule has 0 radical (unpaired) electrons. The lowest BCUT2D eigenvalue weighted by atomic mass is 10.1. The highest BCUT2D eigenvalue weighted by Crippen LogP contribution is 2.31. The van der Waals surface area contributed by atoms with E-state index in [4.69, 9.17) is 4.74 Å². The number of rotatable bonds is 8. The molecular formula is C27H23N3O4S2. The van der Waals surface area contributed by atoms with E-state index in [-0.39, 0.29) is 30.5 Å². The molecule has 182 valence electrons. The quantitative estimate of drug-likeness (QED) is 0.248. The minimum atomic E-state index is -0.872. The van der Waals surface area contributed by atoms with Crippen molar-refractivity contribution in [3.63, 3.8) is 0 Å². The second-order valence-corrected chi connectivity index (χ2v) is 10.5. The Bertz CT molecular complexity index is 1370. The zero-order valence-electron chi connectivity index (χ0n) is 19.5. The lowest BCUT2D eigenvalue weighted by molar-refractivity contribution is -0.136. The van der Waals surface area contributed by atoms with Gasteiger partial charge in [-0.25, -0.2) is 9.88 Å². The van der Waals surface area contributed by atoms with Crippen LogP contribution in [0.4, 0.5) is 5.69 Å². The highest BCUT2D eigenvalue weighted by Gasteiger charge is 2.44. The zero-order chi connectivity index (χ0) is 25.1. The molecule has 36 heavy (non-hydrogen) atoms. The summed E-state index contributed by atoms with van der Waals surface area (Å²) >= 11 is 2.88. The molecule has 0 spiro atoms. The van der Waals surface area contributed by atoms with E-state index in [1.54, 1.807) is 31.4 Å². The van der Waals surface area contributed by atoms with E-state index in [0.717, 1.165) is 25.0 Å². The minimum absolute atomic E-state index is 0.0603. The van der Waals surface area contributed by atoms with Gasteiger partial charge >= 0.3 is 0 Å². The van der Waals surface area contributed by atoms with Crippen molar-refractivity contribution >= 4 is 56.7 Å². The Kier molecular flexibility index (Phi) is 7.02. The topological polar surface area (TPSA) is 79.8 Å². The summed E-state index contributed by atoms with van der Waals surface area (Å²) < 4.78 is 7.02. The molecule has 0 N–H and O–H groups in total. The number of fused-ring (bicyclic) bond motifs is 1. The van der Waals surface area contributed by atoms with Crippen molar-refractivity contribution in [3.05, 3.63) is 84.4 Å². The van der Waals surface area contributed by atoms with Gasteiger partial charge < -0.3 is 9.64 Å². The molecule has 1 unspecified atom stereocenters. The summed E-state index contributed by atoms with van der Waals surface area (Å²) in [5.74, 6) is -0.208. The molecule has 1 aliphatic rings. The normalized spacial score (nSPS) is 15.5. The largest absolute Gasteiger partial charge is 0.497 e. The Balaban J connectivity index is 1.37. The Morgan fingerprint density at radius 2 is 1.78 bits per heavy atom. The summed E-state index contributed by atoms with van der Waals surface area (Å²) in [4.78, 5) is 47.2. The number of carbonyl (C=O) groups is 3. The van der Waals surface area contributed by atoms with Crippen LogP contribution in [0.1, 0.15) is 12.0 Å². The number of thiazole rings is 1. The molecule has 0 bridgehead atoms. The Morgan fingerprint density at radius 1 is 1.06 bits per heavy atom.